The number of aromatic nitrogens is 3. The van der Waals surface area contributed by atoms with Crippen molar-refractivity contribution in [3.05, 3.63) is 45.7 Å². The van der Waals surface area contributed by atoms with Gasteiger partial charge in [-0.15, -0.1) is 11.3 Å². The van der Waals surface area contributed by atoms with Crippen molar-refractivity contribution in [3.8, 4) is 0 Å². The van der Waals surface area contributed by atoms with Crippen LogP contribution in [0.25, 0.3) is 10.2 Å². The second kappa shape index (κ2) is 5.75. The smallest absolute Gasteiger partial charge is 0.0847 e. The van der Waals surface area contributed by atoms with Gasteiger partial charge in [-0.05, 0) is 37.0 Å². The minimum absolute atomic E-state index is 0.163. The Labute approximate surface area is 132 Å². The lowest BCUT2D eigenvalue weighted by molar-refractivity contribution is 0.560. The van der Waals surface area contributed by atoms with Gasteiger partial charge in [0.2, 0.25) is 0 Å². The molecule has 21 heavy (non-hydrogen) atoms. The fourth-order valence-electron chi connectivity index (χ4n) is 2.53. The van der Waals surface area contributed by atoms with E-state index < -0.39 is 0 Å². The molecule has 110 valence electrons. The summed E-state index contributed by atoms with van der Waals surface area (Å²) in [7, 11) is 3.89. The molecule has 1 N–H and O–H groups in total. The number of thiophene rings is 1. The Kier molecular flexibility index (Phi) is 3.97. The Morgan fingerprint density at radius 3 is 2.95 bits per heavy atom. The van der Waals surface area contributed by atoms with E-state index in [0.717, 1.165) is 28.3 Å². The van der Waals surface area contributed by atoms with E-state index in [2.05, 4.69) is 26.8 Å². The van der Waals surface area contributed by atoms with Crippen LogP contribution in [-0.2, 0) is 13.5 Å². The van der Waals surface area contributed by atoms with E-state index in [1.807, 2.05) is 38.0 Å². The van der Waals surface area contributed by atoms with E-state index >= 15 is 0 Å². The standard InChI is InChI=1S/C15H17ClN4S/c1-9-15(16)13(20(3)19-9)7-12(17-2)10-6-14-11(18-8-10)4-5-21-14/h4-6,8,12,17H,7H2,1-3H3. The predicted molar refractivity (Wildman–Crippen MR) is 88.1 cm³/mol. The number of aryl methyl sites for hydroxylation is 2. The lowest BCUT2D eigenvalue weighted by Gasteiger charge is -2.17. The van der Waals surface area contributed by atoms with Gasteiger partial charge in [-0.2, -0.15) is 5.10 Å². The molecule has 6 heteroatoms. The first kappa shape index (κ1) is 14.5. The van der Waals surface area contributed by atoms with Gasteiger partial charge in [-0.3, -0.25) is 9.67 Å². The van der Waals surface area contributed by atoms with Crippen molar-refractivity contribution < 1.29 is 0 Å². The van der Waals surface area contributed by atoms with Crippen LogP contribution in [0.3, 0.4) is 0 Å². The third kappa shape index (κ3) is 2.69. The lowest BCUT2D eigenvalue weighted by Crippen LogP contribution is -2.20. The Morgan fingerprint density at radius 1 is 1.48 bits per heavy atom. The molecule has 0 saturated carbocycles. The molecule has 0 aliphatic carbocycles. The van der Waals surface area contributed by atoms with Crippen LogP contribution in [0.15, 0.2) is 23.7 Å². The number of pyridine rings is 1. The van der Waals surface area contributed by atoms with Gasteiger partial charge >= 0.3 is 0 Å². The summed E-state index contributed by atoms with van der Waals surface area (Å²) in [5.41, 5.74) is 4.13. The predicted octanol–water partition coefficient (Wildman–Crippen LogP) is 3.49. The minimum Gasteiger partial charge on any atom is -0.313 e. The van der Waals surface area contributed by atoms with E-state index in [0.29, 0.717) is 0 Å². The fraction of sp³-hybridized carbons (Fsp3) is 0.333. The van der Waals surface area contributed by atoms with Gasteiger partial charge < -0.3 is 5.32 Å². The van der Waals surface area contributed by atoms with Crippen molar-refractivity contribution in [2.75, 3.05) is 7.05 Å². The van der Waals surface area contributed by atoms with E-state index in [9.17, 15) is 0 Å². The SMILES string of the molecule is CNC(Cc1c(Cl)c(C)nn1C)c1cnc2ccsc2c1. The Morgan fingerprint density at radius 2 is 2.29 bits per heavy atom. The highest BCUT2D eigenvalue weighted by atomic mass is 35.5. The number of halogens is 1. The Balaban J connectivity index is 1.94. The molecule has 0 fully saturated rings. The van der Waals surface area contributed by atoms with Gasteiger partial charge in [-0.25, -0.2) is 0 Å². The van der Waals surface area contributed by atoms with Gasteiger partial charge in [0.25, 0.3) is 0 Å². The summed E-state index contributed by atoms with van der Waals surface area (Å²) in [4.78, 5) is 4.52. The molecule has 0 aromatic carbocycles. The summed E-state index contributed by atoms with van der Waals surface area (Å²) < 4.78 is 3.07. The van der Waals surface area contributed by atoms with E-state index in [4.69, 9.17) is 11.6 Å². The van der Waals surface area contributed by atoms with Gasteiger partial charge in [0.1, 0.15) is 0 Å². The molecular weight excluding hydrogens is 304 g/mol. The van der Waals surface area contributed by atoms with Crippen molar-refractivity contribution >= 4 is 33.2 Å². The van der Waals surface area contributed by atoms with Crippen LogP contribution in [0.2, 0.25) is 5.02 Å². The molecular formula is C15H17ClN4S. The number of rotatable bonds is 4. The molecule has 1 atom stereocenters. The van der Waals surface area contributed by atoms with Crippen LogP contribution in [0.1, 0.15) is 23.0 Å². The summed E-state index contributed by atoms with van der Waals surface area (Å²) in [6.07, 6.45) is 2.72. The molecule has 3 rings (SSSR count). The first-order valence-corrected chi connectivity index (χ1v) is 8.04. The molecule has 3 aromatic heterocycles. The monoisotopic (exact) mass is 320 g/mol. The lowest BCUT2D eigenvalue weighted by atomic mass is 10.0. The topological polar surface area (TPSA) is 42.7 Å². The van der Waals surface area contributed by atoms with Crippen molar-refractivity contribution in [2.24, 2.45) is 7.05 Å². The van der Waals surface area contributed by atoms with Crippen molar-refractivity contribution in [1.29, 1.82) is 0 Å². The van der Waals surface area contributed by atoms with Crippen molar-refractivity contribution in [2.45, 2.75) is 19.4 Å². The summed E-state index contributed by atoms with van der Waals surface area (Å²) in [5, 5.41) is 10.5. The second-order valence-electron chi connectivity index (χ2n) is 5.09. The van der Waals surface area contributed by atoms with Crippen LogP contribution < -0.4 is 5.32 Å². The number of nitrogens with one attached hydrogen (secondary N) is 1. The van der Waals surface area contributed by atoms with Crippen LogP contribution >= 0.6 is 22.9 Å². The van der Waals surface area contributed by atoms with E-state index in [1.54, 1.807) is 11.3 Å². The zero-order valence-corrected chi connectivity index (χ0v) is 13.8. The van der Waals surface area contributed by atoms with E-state index in [-0.39, 0.29) is 6.04 Å². The molecule has 1 unspecified atom stereocenters. The second-order valence-corrected chi connectivity index (χ2v) is 6.41. The quantitative estimate of drug-likeness (QED) is 0.800. The number of hydrogen-bond donors (Lipinski definition) is 1. The first-order valence-electron chi connectivity index (χ1n) is 6.78. The highest BCUT2D eigenvalue weighted by Gasteiger charge is 2.18. The summed E-state index contributed by atoms with van der Waals surface area (Å²) in [6, 6.07) is 4.40. The number of hydrogen-bond acceptors (Lipinski definition) is 4. The van der Waals surface area contributed by atoms with Crippen LogP contribution in [0.4, 0.5) is 0 Å². The van der Waals surface area contributed by atoms with Crippen molar-refractivity contribution in [1.82, 2.24) is 20.1 Å². The normalized spacial score (nSPS) is 13.0. The maximum absolute atomic E-state index is 6.36. The molecule has 4 nitrogen and oxygen atoms in total. The molecule has 0 amide bonds. The van der Waals surface area contributed by atoms with Crippen LogP contribution in [0, 0.1) is 6.92 Å². The molecule has 3 aromatic rings. The molecule has 0 bridgehead atoms. The number of likely N-dealkylation sites (N-methyl/N-ethyl adjacent to an activating group) is 1. The molecule has 0 spiro atoms. The summed E-state index contributed by atoms with van der Waals surface area (Å²) >= 11 is 8.07. The largest absolute Gasteiger partial charge is 0.313 e. The van der Waals surface area contributed by atoms with Crippen LogP contribution in [0.5, 0.6) is 0 Å². The van der Waals surface area contributed by atoms with Gasteiger partial charge in [-0.1, -0.05) is 11.6 Å². The number of nitrogens with zero attached hydrogens (tertiary/aromatic N) is 3. The summed E-state index contributed by atoms with van der Waals surface area (Å²) in [6.45, 7) is 1.93. The molecule has 0 aliphatic rings. The minimum atomic E-state index is 0.163. The van der Waals surface area contributed by atoms with E-state index in [1.165, 1.54) is 10.3 Å². The maximum Gasteiger partial charge on any atom is 0.0847 e. The molecule has 3 heterocycles. The highest BCUT2D eigenvalue weighted by Crippen LogP contribution is 2.27. The van der Waals surface area contributed by atoms with Crippen LogP contribution in [-0.4, -0.2) is 21.8 Å². The third-order valence-electron chi connectivity index (χ3n) is 3.73. The number of fused-ring (bicyclic) bond motifs is 1. The van der Waals surface area contributed by atoms with Gasteiger partial charge in [0.15, 0.2) is 0 Å². The average Bonchev–Trinajstić information content (AvgIpc) is 3.03. The van der Waals surface area contributed by atoms with Gasteiger partial charge in [0, 0.05) is 25.7 Å². The highest BCUT2D eigenvalue weighted by molar-refractivity contribution is 7.17. The Hall–Kier alpha value is -1.43. The summed E-state index contributed by atoms with van der Waals surface area (Å²) in [5.74, 6) is 0. The third-order valence-corrected chi connectivity index (χ3v) is 5.08. The first-order chi connectivity index (χ1) is 10.1. The fourth-order valence-corrected chi connectivity index (χ4v) is 3.56. The maximum atomic E-state index is 6.36. The molecule has 0 saturated heterocycles. The van der Waals surface area contributed by atoms with Gasteiger partial charge in [0.05, 0.1) is 26.6 Å². The van der Waals surface area contributed by atoms with Crippen molar-refractivity contribution in [3.63, 3.8) is 0 Å². The zero-order chi connectivity index (χ0) is 15.0. The Bertz CT molecular complexity index is 777. The molecule has 0 aliphatic heterocycles. The average molecular weight is 321 g/mol. The molecule has 0 radical (unpaired) electrons. The zero-order valence-electron chi connectivity index (χ0n) is 12.2.